The van der Waals surface area contributed by atoms with Gasteiger partial charge in [0.05, 0.1) is 0 Å². The smallest absolute Gasteiger partial charge is 0.225 e. The second-order valence-corrected chi connectivity index (χ2v) is 7.86. The van der Waals surface area contributed by atoms with Crippen molar-refractivity contribution >= 4 is 11.8 Å². The van der Waals surface area contributed by atoms with Crippen LogP contribution in [-0.2, 0) is 22.6 Å². The monoisotopic (exact) mass is 340 g/mol. The molecule has 0 unspecified atom stereocenters. The van der Waals surface area contributed by atoms with Crippen LogP contribution in [0.5, 0.6) is 0 Å². The van der Waals surface area contributed by atoms with Crippen molar-refractivity contribution in [3.63, 3.8) is 0 Å². The maximum absolute atomic E-state index is 12.9. The number of amides is 2. The fourth-order valence-corrected chi connectivity index (χ4v) is 4.73. The van der Waals surface area contributed by atoms with Gasteiger partial charge in [0, 0.05) is 38.0 Å². The van der Waals surface area contributed by atoms with Crippen LogP contribution in [0.2, 0.25) is 0 Å². The SMILES string of the molecule is O=C(C1CCC(C(=O)N2CCc3ccccc3C2)CC1)N1CCCC1. The van der Waals surface area contributed by atoms with Crippen LogP contribution in [0.25, 0.3) is 0 Å². The van der Waals surface area contributed by atoms with E-state index in [-0.39, 0.29) is 11.8 Å². The fourth-order valence-electron chi connectivity index (χ4n) is 4.73. The Morgan fingerprint density at radius 1 is 0.760 bits per heavy atom. The minimum absolute atomic E-state index is 0.118. The Morgan fingerprint density at radius 3 is 1.96 bits per heavy atom. The molecule has 4 heteroatoms. The van der Waals surface area contributed by atoms with Crippen LogP contribution in [0.15, 0.2) is 24.3 Å². The third kappa shape index (κ3) is 3.44. The summed E-state index contributed by atoms with van der Waals surface area (Å²) >= 11 is 0. The molecule has 2 amide bonds. The van der Waals surface area contributed by atoms with Crippen molar-refractivity contribution in [2.75, 3.05) is 19.6 Å². The third-order valence-electron chi connectivity index (χ3n) is 6.29. The van der Waals surface area contributed by atoms with Gasteiger partial charge in [0.1, 0.15) is 0 Å². The van der Waals surface area contributed by atoms with E-state index in [0.29, 0.717) is 11.8 Å². The van der Waals surface area contributed by atoms with E-state index < -0.39 is 0 Å². The second-order valence-electron chi connectivity index (χ2n) is 7.86. The molecule has 0 radical (unpaired) electrons. The number of nitrogens with zero attached hydrogens (tertiary/aromatic N) is 2. The first kappa shape index (κ1) is 16.6. The number of carbonyl (C=O) groups is 2. The first-order chi connectivity index (χ1) is 12.2. The summed E-state index contributed by atoms with van der Waals surface area (Å²) in [6, 6.07) is 8.45. The van der Waals surface area contributed by atoms with Crippen LogP contribution < -0.4 is 0 Å². The van der Waals surface area contributed by atoms with Crippen molar-refractivity contribution in [1.29, 1.82) is 0 Å². The molecule has 0 bridgehead atoms. The lowest BCUT2D eigenvalue weighted by Gasteiger charge is -2.35. The Bertz CT molecular complexity index is 643. The minimum atomic E-state index is 0.118. The Labute approximate surface area is 150 Å². The molecule has 4 rings (SSSR count). The molecule has 3 aliphatic rings. The van der Waals surface area contributed by atoms with Gasteiger partial charge in [-0.3, -0.25) is 9.59 Å². The van der Waals surface area contributed by atoms with Gasteiger partial charge in [-0.05, 0) is 56.1 Å². The first-order valence-corrected chi connectivity index (χ1v) is 9.87. The molecule has 1 saturated heterocycles. The van der Waals surface area contributed by atoms with E-state index in [1.165, 1.54) is 11.1 Å². The number of benzene rings is 1. The van der Waals surface area contributed by atoms with E-state index in [9.17, 15) is 9.59 Å². The Balaban J connectivity index is 1.32. The van der Waals surface area contributed by atoms with Gasteiger partial charge in [-0.15, -0.1) is 0 Å². The van der Waals surface area contributed by atoms with Gasteiger partial charge in [-0.25, -0.2) is 0 Å². The molecule has 1 aromatic carbocycles. The Kier molecular flexibility index (Phi) is 4.78. The van der Waals surface area contributed by atoms with Gasteiger partial charge in [-0.1, -0.05) is 24.3 Å². The maximum Gasteiger partial charge on any atom is 0.225 e. The van der Waals surface area contributed by atoms with Gasteiger partial charge in [0.25, 0.3) is 0 Å². The van der Waals surface area contributed by atoms with E-state index >= 15 is 0 Å². The number of hydrogen-bond donors (Lipinski definition) is 0. The van der Waals surface area contributed by atoms with E-state index in [1.54, 1.807) is 0 Å². The molecule has 2 fully saturated rings. The number of rotatable bonds is 2. The van der Waals surface area contributed by atoms with Gasteiger partial charge in [0.2, 0.25) is 11.8 Å². The van der Waals surface area contributed by atoms with Crippen LogP contribution in [0.4, 0.5) is 0 Å². The molecule has 25 heavy (non-hydrogen) atoms. The van der Waals surface area contributed by atoms with Crippen LogP contribution in [0.3, 0.4) is 0 Å². The predicted molar refractivity (Wildman–Crippen MR) is 96.8 cm³/mol. The van der Waals surface area contributed by atoms with Crippen molar-refractivity contribution in [2.45, 2.75) is 51.5 Å². The lowest BCUT2D eigenvalue weighted by atomic mass is 9.80. The highest BCUT2D eigenvalue weighted by Gasteiger charge is 2.35. The summed E-state index contributed by atoms with van der Waals surface area (Å²) in [5, 5.41) is 0. The predicted octanol–water partition coefficient (Wildman–Crippen LogP) is 3.00. The molecule has 2 heterocycles. The molecule has 1 aromatic rings. The van der Waals surface area contributed by atoms with Crippen LogP contribution in [0.1, 0.15) is 49.7 Å². The highest BCUT2D eigenvalue weighted by atomic mass is 16.2. The molecule has 0 N–H and O–H groups in total. The summed E-state index contributed by atoms with van der Waals surface area (Å²) in [5.41, 5.74) is 2.67. The molecule has 1 aliphatic carbocycles. The zero-order valence-electron chi connectivity index (χ0n) is 15.0. The first-order valence-electron chi connectivity index (χ1n) is 9.87. The van der Waals surface area contributed by atoms with Crippen LogP contribution >= 0.6 is 0 Å². The molecule has 0 atom stereocenters. The summed E-state index contributed by atoms with van der Waals surface area (Å²) < 4.78 is 0. The van der Waals surface area contributed by atoms with E-state index in [1.807, 2.05) is 9.80 Å². The topological polar surface area (TPSA) is 40.6 Å². The summed E-state index contributed by atoms with van der Waals surface area (Å²) in [4.78, 5) is 29.5. The Hall–Kier alpha value is -1.84. The number of likely N-dealkylation sites (tertiary alicyclic amines) is 1. The second kappa shape index (κ2) is 7.19. The summed E-state index contributed by atoms with van der Waals surface area (Å²) in [6.45, 7) is 3.46. The van der Waals surface area contributed by atoms with Crippen LogP contribution in [-0.4, -0.2) is 41.2 Å². The molecule has 0 aromatic heterocycles. The van der Waals surface area contributed by atoms with E-state index in [4.69, 9.17) is 0 Å². The average molecular weight is 340 g/mol. The van der Waals surface area contributed by atoms with Gasteiger partial charge >= 0.3 is 0 Å². The molecule has 2 aliphatic heterocycles. The zero-order valence-corrected chi connectivity index (χ0v) is 15.0. The Morgan fingerprint density at radius 2 is 1.32 bits per heavy atom. The van der Waals surface area contributed by atoms with Gasteiger partial charge in [0.15, 0.2) is 0 Å². The fraction of sp³-hybridized carbons (Fsp3) is 0.619. The molecule has 0 spiro atoms. The molecular formula is C21H28N2O2. The summed E-state index contributed by atoms with van der Waals surface area (Å²) in [7, 11) is 0. The normalized spacial score (nSPS) is 26.4. The largest absolute Gasteiger partial charge is 0.342 e. The lowest BCUT2D eigenvalue weighted by molar-refractivity contribution is -0.141. The standard InChI is InChI=1S/C21H28N2O2/c24-20(22-12-3-4-13-22)17-7-9-18(10-8-17)21(25)23-14-11-16-5-1-2-6-19(16)15-23/h1-2,5-6,17-18H,3-4,7-15H2. The van der Waals surface area contributed by atoms with Gasteiger partial charge in [-0.2, -0.15) is 0 Å². The molecular weight excluding hydrogens is 312 g/mol. The molecule has 1 saturated carbocycles. The van der Waals surface area contributed by atoms with E-state index in [0.717, 1.165) is 71.1 Å². The quantitative estimate of drug-likeness (QED) is 0.830. The highest BCUT2D eigenvalue weighted by molar-refractivity contribution is 5.81. The minimum Gasteiger partial charge on any atom is -0.342 e. The zero-order chi connectivity index (χ0) is 17.2. The third-order valence-corrected chi connectivity index (χ3v) is 6.29. The van der Waals surface area contributed by atoms with Crippen molar-refractivity contribution in [3.8, 4) is 0 Å². The maximum atomic E-state index is 12.9. The average Bonchev–Trinajstić information content (AvgIpc) is 3.21. The lowest BCUT2D eigenvalue weighted by Crippen LogP contribution is -2.42. The number of carbonyl (C=O) groups excluding carboxylic acids is 2. The van der Waals surface area contributed by atoms with Gasteiger partial charge < -0.3 is 9.80 Å². The summed E-state index contributed by atoms with van der Waals surface area (Å²) in [6.07, 6.45) is 6.78. The highest BCUT2D eigenvalue weighted by Crippen LogP contribution is 2.33. The summed E-state index contributed by atoms with van der Waals surface area (Å²) in [5.74, 6) is 0.925. The van der Waals surface area contributed by atoms with Crippen molar-refractivity contribution in [3.05, 3.63) is 35.4 Å². The molecule has 134 valence electrons. The van der Waals surface area contributed by atoms with Crippen LogP contribution in [0, 0.1) is 11.8 Å². The number of fused-ring (bicyclic) bond motifs is 1. The van der Waals surface area contributed by atoms with Crippen molar-refractivity contribution in [2.24, 2.45) is 11.8 Å². The van der Waals surface area contributed by atoms with Crippen molar-refractivity contribution < 1.29 is 9.59 Å². The van der Waals surface area contributed by atoms with E-state index in [2.05, 4.69) is 24.3 Å². The van der Waals surface area contributed by atoms with Crippen molar-refractivity contribution in [1.82, 2.24) is 9.80 Å². The molecule has 4 nitrogen and oxygen atoms in total. The number of hydrogen-bond acceptors (Lipinski definition) is 2.